The molecule has 1 aromatic heterocycles. The minimum Gasteiger partial charge on any atom is -0.439 e. The van der Waals surface area contributed by atoms with Crippen LogP contribution in [0.25, 0.3) is 0 Å². The van der Waals surface area contributed by atoms with E-state index in [1.54, 1.807) is 6.20 Å². The predicted molar refractivity (Wildman–Crippen MR) is 68.2 cm³/mol. The Morgan fingerprint density at radius 3 is 2.76 bits per heavy atom. The Morgan fingerprint density at radius 1 is 1.24 bits per heavy atom. The van der Waals surface area contributed by atoms with E-state index in [9.17, 15) is 0 Å². The number of nitrogens with two attached hydrogens (primary N) is 1. The molecule has 0 saturated heterocycles. The van der Waals surface area contributed by atoms with E-state index in [0.717, 1.165) is 17.7 Å². The molecule has 0 saturated carbocycles. The highest BCUT2D eigenvalue weighted by Gasteiger charge is 1.99. The first-order valence-electron chi connectivity index (χ1n) is 5.67. The van der Waals surface area contributed by atoms with Crippen LogP contribution in [0.3, 0.4) is 0 Å². The summed E-state index contributed by atoms with van der Waals surface area (Å²) in [5.41, 5.74) is 7.78. The molecule has 0 atom stereocenters. The lowest BCUT2D eigenvalue weighted by molar-refractivity contribution is 0.462. The summed E-state index contributed by atoms with van der Waals surface area (Å²) in [5.74, 6) is 1.42. The van der Waals surface area contributed by atoms with E-state index < -0.39 is 0 Å². The van der Waals surface area contributed by atoms with Gasteiger partial charge in [-0.1, -0.05) is 18.2 Å². The zero-order chi connectivity index (χ0) is 12.1. The fourth-order valence-electron chi connectivity index (χ4n) is 1.59. The normalized spacial score (nSPS) is 10.2. The molecule has 17 heavy (non-hydrogen) atoms. The molecule has 0 unspecified atom stereocenters. The van der Waals surface area contributed by atoms with E-state index in [0.29, 0.717) is 12.4 Å². The molecule has 0 amide bonds. The molecule has 2 rings (SSSR count). The summed E-state index contributed by atoms with van der Waals surface area (Å²) < 4.78 is 5.65. The molecule has 1 heterocycles. The summed E-state index contributed by atoms with van der Waals surface area (Å²) >= 11 is 0. The van der Waals surface area contributed by atoms with Gasteiger partial charge in [-0.2, -0.15) is 0 Å². The summed E-state index contributed by atoms with van der Waals surface area (Å²) in [5, 5.41) is 0. The van der Waals surface area contributed by atoms with Crippen LogP contribution in [0.4, 0.5) is 0 Å². The van der Waals surface area contributed by atoms with Crippen LogP contribution < -0.4 is 10.5 Å². The van der Waals surface area contributed by atoms with E-state index in [1.807, 2.05) is 43.3 Å². The number of nitrogens with zero attached hydrogens (tertiary/aromatic N) is 1. The number of hydrogen-bond donors (Lipinski definition) is 1. The summed E-state index contributed by atoms with van der Waals surface area (Å²) in [6, 6.07) is 11.8. The van der Waals surface area contributed by atoms with Gasteiger partial charge in [0.2, 0.25) is 5.88 Å². The van der Waals surface area contributed by atoms with Gasteiger partial charge in [0.1, 0.15) is 5.75 Å². The zero-order valence-corrected chi connectivity index (χ0v) is 9.89. The largest absolute Gasteiger partial charge is 0.439 e. The SMILES string of the molecule is Cc1cccc(Oc2ccc(CCN)cn2)c1. The summed E-state index contributed by atoms with van der Waals surface area (Å²) in [6.45, 7) is 2.67. The Balaban J connectivity index is 2.08. The van der Waals surface area contributed by atoms with Gasteiger partial charge in [0.15, 0.2) is 0 Å². The molecule has 0 spiro atoms. The van der Waals surface area contributed by atoms with Crippen molar-refractivity contribution >= 4 is 0 Å². The van der Waals surface area contributed by atoms with E-state index in [-0.39, 0.29) is 0 Å². The second-order valence-corrected chi connectivity index (χ2v) is 3.96. The number of aryl methyl sites for hydroxylation is 1. The second kappa shape index (κ2) is 5.46. The summed E-state index contributed by atoms with van der Waals surface area (Å²) in [7, 11) is 0. The molecule has 3 heteroatoms. The Labute approximate surface area is 101 Å². The highest BCUT2D eigenvalue weighted by atomic mass is 16.5. The lowest BCUT2D eigenvalue weighted by atomic mass is 10.2. The van der Waals surface area contributed by atoms with E-state index in [2.05, 4.69) is 4.98 Å². The third-order valence-electron chi connectivity index (χ3n) is 2.44. The molecule has 2 aromatic rings. The molecule has 0 aliphatic carbocycles. The maximum atomic E-state index is 5.65. The van der Waals surface area contributed by atoms with Crippen LogP contribution in [0.15, 0.2) is 42.6 Å². The minimum absolute atomic E-state index is 0.608. The highest BCUT2D eigenvalue weighted by molar-refractivity contribution is 5.31. The number of hydrogen-bond acceptors (Lipinski definition) is 3. The standard InChI is InChI=1S/C14H16N2O/c1-11-3-2-4-13(9-11)17-14-6-5-12(7-8-15)10-16-14/h2-6,9-10H,7-8,15H2,1H3. The minimum atomic E-state index is 0.608. The fraction of sp³-hybridized carbons (Fsp3) is 0.214. The monoisotopic (exact) mass is 228 g/mol. The fourth-order valence-corrected chi connectivity index (χ4v) is 1.59. The average Bonchev–Trinajstić information content (AvgIpc) is 2.32. The van der Waals surface area contributed by atoms with Crippen LogP contribution in [0.5, 0.6) is 11.6 Å². The van der Waals surface area contributed by atoms with Crippen molar-refractivity contribution in [3.05, 3.63) is 53.7 Å². The summed E-state index contributed by atoms with van der Waals surface area (Å²) in [4.78, 5) is 4.24. The average molecular weight is 228 g/mol. The van der Waals surface area contributed by atoms with Gasteiger partial charge in [-0.3, -0.25) is 0 Å². The number of aromatic nitrogens is 1. The Hall–Kier alpha value is -1.87. The van der Waals surface area contributed by atoms with Crippen LogP contribution in [0.2, 0.25) is 0 Å². The van der Waals surface area contributed by atoms with Crippen LogP contribution in [0.1, 0.15) is 11.1 Å². The highest BCUT2D eigenvalue weighted by Crippen LogP contribution is 2.20. The Kier molecular flexibility index (Phi) is 3.73. The molecule has 88 valence electrons. The molecule has 2 N–H and O–H groups in total. The molecule has 1 aromatic carbocycles. The lowest BCUT2D eigenvalue weighted by Crippen LogP contribution is -2.02. The first-order valence-corrected chi connectivity index (χ1v) is 5.67. The lowest BCUT2D eigenvalue weighted by Gasteiger charge is -2.06. The van der Waals surface area contributed by atoms with Crippen molar-refractivity contribution in [3.63, 3.8) is 0 Å². The van der Waals surface area contributed by atoms with Crippen LogP contribution >= 0.6 is 0 Å². The van der Waals surface area contributed by atoms with Crippen LogP contribution in [0, 0.1) is 6.92 Å². The van der Waals surface area contributed by atoms with Crippen molar-refractivity contribution in [2.75, 3.05) is 6.54 Å². The van der Waals surface area contributed by atoms with E-state index in [4.69, 9.17) is 10.5 Å². The first-order chi connectivity index (χ1) is 8.28. The second-order valence-electron chi connectivity index (χ2n) is 3.96. The predicted octanol–water partition coefficient (Wildman–Crippen LogP) is 2.68. The smallest absolute Gasteiger partial charge is 0.219 e. The van der Waals surface area contributed by atoms with Gasteiger partial charge >= 0.3 is 0 Å². The quantitative estimate of drug-likeness (QED) is 0.875. The van der Waals surface area contributed by atoms with Crippen molar-refractivity contribution in [2.45, 2.75) is 13.3 Å². The van der Waals surface area contributed by atoms with Gasteiger partial charge in [0, 0.05) is 12.3 Å². The van der Waals surface area contributed by atoms with Gasteiger partial charge in [-0.15, -0.1) is 0 Å². The summed E-state index contributed by atoms with van der Waals surface area (Å²) in [6.07, 6.45) is 2.65. The maximum Gasteiger partial charge on any atom is 0.219 e. The van der Waals surface area contributed by atoms with Crippen molar-refractivity contribution in [1.29, 1.82) is 0 Å². The Morgan fingerprint density at radius 2 is 2.12 bits per heavy atom. The molecular weight excluding hydrogens is 212 g/mol. The molecule has 0 aliphatic rings. The molecule has 0 radical (unpaired) electrons. The topological polar surface area (TPSA) is 48.1 Å². The molecule has 0 bridgehead atoms. The number of pyridine rings is 1. The van der Waals surface area contributed by atoms with Crippen LogP contribution in [-0.4, -0.2) is 11.5 Å². The first kappa shape index (κ1) is 11.6. The number of ether oxygens (including phenoxy) is 1. The molecule has 0 fully saturated rings. The molecular formula is C14H16N2O. The third kappa shape index (κ3) is 3.29. The van der Waals surface area contributed by atoms with Gasteiger partial charge < -0.3 is 10.5 Å². The van der Waals surface area contributed by atoms with Crippen molar-refractivity contribution in [3.8, 4) is 11.6 Å². The van der Waals surface area contributed by atoms with Gasteiger partial charge in [-0.25, -0.2) is 4.98 Å². The van der Waals surface area contributed by atoms with Crippen LogP contribution in [-0.2, 0) is 6.42 Å². The Bertz CT molecular complexity index is 480. The number of benzene rings is 1. The molecule has 0 aliphatic heterocycles. The van der Waals surface area contributed by atoms with Gasteiger partial charge in [0.05, 0.1) is 0 Å². The van der Waals surface area contributed by atoms with Crippen molar-refractivity contribution in [2.24, 2.45) is 5.73 Å². The van der Waals surface area contributed by atoms with Crippen molar-refractivity contribution in [1.82, 2.24) is 4.98 Å². The number of rotatable bonds is 4. The zero-order valence-electron chi connectivity index (χ0n) is 9.89. The third-order valence-corrected chi connectivity index (χ3v) is 2.44. The molecule has 3 nitrogen and oxygen atoms in total. The van der Waals surface area contributed by atoms with E-state index in [1.165, 1.54) is 5.56 Å². The van der Waals surface area contributed by atoms with Gasteiger partial charge in [-0.05, 0) is 43.1 Å². The van der Waals surface area contributed by atoms with E-state index >= 15 is 0 Å². The van der Waals surface area contributed by atoms with Gasteiger partial charge in [0.25, 0.3) is 0 Å². The van der Waals surface area contributed by atoms with Crippen molar-refractivity contribution < 1.29 is 4.74 Å². The maximum absolute atomic E-state index is 5.65.